The quantitative estimate of drug-likeness (QED) is 0.572. The van der Waals surface area contributed by atoms with Crippen LogP contribution in [0.25, 0.3) is 21.5 Å². The number of rotatable bonds is 5. The topological polar surface area (TPSA) is 68.0 Å². The van der Waals surface area contributed by atoms with Gasteiger partial charge < -0.3 is 9.73 Å². The van der Waals surface area contributed by atoms with Crippen molar-refractivity contribution in [3.8, 4) is 10.6 Å². The molecule has 26 heavy (non-hydrogen) atoms. The van der Waals surface area contributed by atoms with E-state index in [-0.39, 0.29) is 18.4 Å². The van der Waals surface area contributed by atoms with Crippen LogP contribution in [0.2, 0.25) is 0 Å². The molecule has 0 aliphatic rings. The minimum Gasteiger partial charge on any atom is -0.459 e. The average Bonchev–Trinajstić information content (AvgIpc) is 3.29. The number of nitrogens with one attached hydrogen (secondary N) is 1. The van der Waals surface area contributed by atoms with Gasteiger partial charge in [-0.2, -0.15) is 0 Å². The summed E-state index contributed by atoms with van der Waals surface area (Å²) < 4.78 is 5.81. The van der Waals surface area contributed by atoms with Crippen molar-refractivity contribution in [2.75, 3.05) is 0 Å². The third-order valence-electron chi connectivity index (χ3n) is 4.05. The Kier molecular flexibility index (Phi) is 4.50. The minimum absolute atomic E-state index is 0.0824. The van der Waals surface area contributed by atoms with Crippen LogP contribution < -0.4 is 5.32 Å². The molecule has 0 bridgehead atoms. The van der Waals surface area contributed by atoms with Crippen molar-refractivity contribution in [2.45, 2.75) is 19.4 Å². The number of hydrogen-bond donors (Lipinski definition) is 1. The van der Waals surface area contributed by atoms with Crippen molar-refractivity contribution in [3.63, 3.8) is 0 Å². The molecule has 0 spiro atoms. The minimum atomic E-state index is -0.202. The predicted molar refractivity (Wildman–Crippen MR) is 102 cm³/mol. The van der Waals surface area contributed by atoms with Crippen molar-refractivity contribution in [3.05, 3.63) is 71.7 Å². The number of aromatic nitrogens is 2. The normalized spacial score (nSPS) is 12.2. The fourth-order valence-electron chi connectivity index (χ4n) is 2.75. The summed E-state index contributed by atoms with van der Waals surface area (Å²) in [6, 6.07) is 13.4. The van der Waals surface area contributed by atoms with Gasteiger partial charge in [-0.15, -0.1) is 11.3 Å². The van der Waals surface area contributed by atoms with Crippen molar-refractivity contribution in [2.24, 2.45) is 0 Å². The summed E-state index contributed by atoms with van der Waals surface area (Å²) in [4.78, 5) is 21.0. The molecule has 0 aliphatic heterocycles. The second-order valence-electron chi connectivity index (χ2n) is 6.04. The third kappa shape index (κ3) is 3.50. The van der Waals surface area contributed by atoms with E-state index in [0.717, 1.165) is 33.0 Å². The summed E-state index contributed by atoms with van der Waals surface area (Å²) in [5, 5.41) is 6.78. The van der Waals surface area contributed by atoms with Gasteiger partial charge in [-0.25, -0.2) is 4.98 Å². The molecule has 4 aromatic rings. The number of fused-ring (bicyclic) bond motifs is 1. The van der Waals surface area contributed by atoms with E-state index in [0.29, 0.717) is 0 Å². The molecule has 6 heteroatoms. The molecule has 1 N–H and O–H groups in total. The number of carbonyl (C=O) groups excluding carboxylic acids is 1. The molecular formula is C20H17N3O2S. The van der Waals surface area contributed by atoms with Crippen LogP contribution in [0.1, 0.15) is 24.4 Å². The Morgan fingerprint density at radius 1 is 1.27 bits per heavy atom. The molecule has 130 valence electrons. The number of amides is 1. The van der Waals surface area contributed by atoms with E-state index in [1.807, 2.05) is 54.8 Å². The lowest BCUT2D eigenvalue weighted by molar-refractivity contribution is -0.121. The van der Waals surface area contributed by atoms with Gasteiger partial charge in [0.15, 0.2) is 0 Å². The summed E-state index contributed by atoms with van der Waals surface area (Å²) in [6.07, 6.45) is 3.73. The first-order valence-electron chi connectivity index (χ1n) is 8.32. The molecule has 3 aromatic heterocycles. The Hall–Kier alpha value is -2.99. The van der Waals surface area contributed by atoms with Crippen LogP contribution in [-0.4, -0.2) is 15.9 Å². The standard InChI is InChI=1S/C20H17N3O2S/c1-13(18-9-14-5-2-3-7-17(14)25-18)22-19(24)10-16-12-26-20(23-16)15-6-4-8-21-11-15/h2-9,11-13H,10H2,1H3,(H,22,24). The molecule has 1 aromatic carbocycles. The maximum Gasteiger partial charge on any atom is 0.226 e. The van der Waals surface area contributed by atoms with Gasteiger partial charge in [-0.3, -0.25) is 9.78 Å². The molecule has 1 atom stereocenters. The molecule has 0 saturated carbocycles. The molecule has 5 nitrogen and oxygen atoms in total. The van der Waals surface area contributed by atoms with Crippen molar-refractivity contribution in [1.29, 1.82) is 0 Å². The fourth-order valence-corrected chi connectivity index (χ4v) is 3.56. The van der Waals surface area contributed by atoms with Gasteiger partial charge in [0.05, 0.1) is 18.2 Å². The Labute approximate surface area is 154 Å². The van der Waals surface area contributed by atoms with Crippen LogP contribution in [0.15, 0.2) is 64.7 Å². The molecule has 0 fully saturated rings. The van der Waals surface area contributed by atoms with Crippen molar-refractivity contribution < 1.29 is 9.21 Å². The van der Waals surface area contributed by atoms with Gasteiger partial charge in [-0.1, -0.05) is 18.2 Å². The zero-order valence-electron chi connectivity index (χ0n) is 14.2. The molecule has 0 aliphatic carbocycles. The van der Waals surface area contributed by atoms with E-state index in [1.165, 1.54) is 11.3 Å². The molecule has 1 unspecified atom stereocenters. The lowest BCUT2D eigenvalue weighted by Crippen LogP contribution is -2.27. The highest BCUT2D eigenvalue weighted by molar-refractivity contribution is 7.13. The highest BCUT2D eigenvalue weighted by atomic mass is 32.1. The van der Waals surface area contributed by atoms with E-state index in [4.69, 9.17) is 4.42 Å². The highest BCUT2D eigenvalue weighted by Gasteiger charge is 2.15. The number of benzene rings is 1. The number of thiazole rings is 1. The van der Waals surface area contributed by atoms with Gasteiger partial charge in [0.25, 0.3) is 0 Å². The van der Waals surface area contributed by atoms with Crippen LogP contribution in [0.4, 0.5) is 0 Å². The van der Waals surface area contributed by atoms with E-state index in [9.17, 15) is 4.79 Å². The Morgan fingerprint density at radius 2 is 2.15 bits per heavy atom. The summed E-state index contributed by atoms with van der Waals surface area (Å²) in [5.74, 6) is 0.662. The lowest BCUT2D eigenvalue weighted by Gasteiger charge is -2.10. The van der Waals surface area contributed by atoms with Crippen LogP contribution >= 0.6 is 11.3 Å². The van der Waals surface area contributed by atoms with Gasteiger partial charge in [-0.05, 0) is 31.2 Å². The van der Waals surface area contributed by atoms with Crippen molar-refractivity contribution >= 4 is 28.2 Å². The number of para-hydroxylation sites is 1. The SMILES string of the molecule is CC(NC(=O)Cc1csc(-c2cccnc2)n1)c1cc2ccccc2o1. The first-order valence-corrected chi connectivity index (χ1v) is 9.19. The largest absolute Gasteiger partial charge is 0.459 e. The Bertz CT molecular complexity index is 1010. The van der Waals surface area contributed by atoms with Crippen molar-refractivity contribution in [1.82, 2.24) is 15.3 Å². The van der Waals surface area contributed by atoms with E-state index in [1.54, 1.807) is 12.4 Å². The Balaban J connectivity index is 1.41. The van der Waals surface area contributed by atoms with E-state index < -0.39 is 0 Å². The molecule has 4 rings (SSSR count). The first-order chi connectivity index (χ1) is 12.7. The molecule has 0 saturated heterocycles. The fraction of sp³-hybridized carbons (Fsp3) is 0.150. The maximum absolute atomic E-state index is 12.4. The smallest absolute Gasteiger partial charge is 0.226 e. The summed E-state index contributed by atoms with van der Waals surface area (Å²) in [7, 11) is 0. The van der Waals surface area contributed by atoms with Gasteiger partial charge in [0.1, 0.15) is 16.4 Å². The second-order valence-corrected chi connectivity index (χ2v) is 6.90. The number of pyridine rings is 1. The molecular weight excluding hydrogens is 346 g/mol. The van der Waals surface area contributed by atoms with Gasteiger partial charge in [0.2, 0.25) is 5.91 Å². The third-order valence-corrected chi connectivity index (χ3v) is 4.99. The molecule has 3 heterocycles. The Morgan fingerprint density at radius 3 is 2.96 bits per heavy atom. The average molecular weight is 363 g/mol. The predicted octanol–water partition coefficient (Wildman–Crippen LogP) is 4.37. The molecule has 0 radical (unpaired) electrons. The maximum atomic E-state index is 12.4. The van der Waals surface area contributed by atoms with E-state index in [2.05, 4.69) is 15.3 Å². The van der Waals surface area contributed by atoms with Crippen LogP contribution in [0.5, 0.6) is 0 Å². The second kappa shape index (κ2) is 7.09. The summed E-state index contributed by atoms with van der Waals surface area (Å²) >= 11 is 1.51. The number of nitrogens with zero attached hydrogens (tertiary/aromatic N) is 2. The van der Waals surface area contributed by atoms with Gasteiger partial charge >= 0.3 is 0 Å². The molecule has 1 amide bonds. The number of hydrogen-bond acceptors (Lipinski definition) is 5. The van der Waals surface area contributed by atoms with Crippen LogP contribution in [0, 0.1) is 0 Å². The summed E-state index contributed by atoms with van der Waals surface area (Å²) in [5.41, 5.74) is 2.53. The zero-order chi connectivity index (χ0) is 17.9. The van der Waals surface area contributed by atoms with E-state index >= 15 is 0 Å². The number of furan rings is 1. The summed E-state index contributed by atoms with van der Waals surface area (Å²) in [6.45, 7) is 1.91. The lowest BCUT2D eigenvalue weighted by atomic mass is 10.2. The van der Waals surface area contributed by atoms with Crippen LogP contribution in [0.3, 0.4) is 0 Å². The monoisotopic (exact) mass is 363 g/mol. The highest BCUT2D eigenvalue weighted by Crippen LogP contribution is 2.25. The first kappa shape index (κ1) is 16.5. The van der Waals surface area contributed by atoms with Gasteiger partial charge in [0, 0.05) is 28.7 Å². The zero-order valence-corrected chi connectivity index (χ0v) is 15.0. The van der Waals surface area contributed by atoms with Crippen LogP contribution in [-0.2, 0) is 11.2 Å². The number of carbonyl (C=O) groups is 1.